The Morgan fingerprint density at radius 3 is 2.86 bits per heavy atom. The summed E-state index contributed by atoms with van der Waals surface area (Å²) in [4.78, 5) is 24.7. The Morgan fingerprint density at radius 1 is 1.52 bits per heavy atom. The van der Waals surface area contributed by atoms with Crippen molar-refractivity contribution in [2.24, 2.45) is 5.92 Å². The van der Waals surface area contributed by atoms with Gasteiger partial charge in [0.2, 0.25) is 0 Å². The number of nitrogens with zero attached hydrogens (tertiary/aromatic N) is 1. The molecule has 1 aliphatic heterocycles. The number of urea groups is 1. The molecule has 122 valence electrons. The SMILES string of the molecule is COCCCC(NC(=O)N(C)CC1CCCOC1)C(=O)O. The highest BCUT2D eigenvalue weighted by atomic mass is 16.5. The number of nitrogens with one attached hydrogen (secondary N) is 1. The van der Waals surface area contributed by atoms with Crippen LogP contribution in [-0.2, 0) is 14.3 Å². The lowest BCUT2D eigenvalue weighted by molar-refractivity contribution is -0.139. The first-order valence-electron chi connectivity index (χ1n) is 7.35. The Hall–Kier alpha value is -1.34. The molecule has 2 unspecified atom stereocenters. The van der Waals surface area contributed by atoms with Crippen molar-refractivity contribution < 1.29 is 24.2 Å². The average molecular weight is 302 g/mol. The van der Waals surface area contributed by atoms with Crippen molar-refractivity contribution >= 4 is 12.0 Å². The van der Waals surface area contributed by atoms with Crippen LogP contribution in [-0.4, -0.2) is 68.6 Å². The van der Waals surface area contributed by atoms with Crippen LogP contribution in [0, 0.1) is 5.92 Å². The molecule has 7 nitrogen and oxygen atoms in total. The molecule has 1 rings (SSSR count). The van der Waals surface area contributed by atoms with Gasteiger partial charge >= 0.3 is 12.0 Å². The van der Waals surface area contributed by atoms with Gasteiger partial charge in [-0.1, -0.05) is 0 Å². The molecule has 0 bridgehead atoms. The number of methoxy groups -OCH3 is 1. The summed E-state index contributed by atoms with van der Waals surface area (Å²) >= 11 is 0. The third kappa shape index (κ3) is 6.77. The van der Waals surface area contributed by atoms with E-state index in [0.29, 0.717) is 38.5 Å². The lowest BCUT2D eigenvalue weighted by Gasteiger charge is -2.28. The number of carbonyl (C=O) groups is 2. The van der Waals surface area contributed by atoms with Gasteiger partial charge in [0.25, 0.3) is 0 Å². The molecule has 1 fully saturated rings. The largest absolute Gasteiger partial charge is 0.480 e. The van der Waals surface area contributed by atoms with Crippen LogP contribution in [0.4, 0.5) is 4.79 Å². The molecule has 7 heteroatoms. The van der Waals surface area contributed by atoms with Crippen LogP contribution in [0.5, 0.6) is 0 Å². The third-order valence-corrected chi connectivity index (χ3v) is 3.57. The maximum Gasteiger partial charge on any atom is 0.326 e. The zero-order valence-electron chi connectivity index (χ0n) is 12.8. The number of carboxylic acid groups (broad SMARTS) is 1. The topological polar surface area (TPSA) is 88.1 Å². The maximum absolute atomic E-state index is 12.0. The van der Waals surface area contributed by atoms with Crippen molar-refractivity contribution in [2.45, 2.75) is 31.7 Å². The van der Waals surface area contributed by atoms with E-state index in [9.17, 15) is 9.59 Å². The first-order valence-corrected chi connectivity index (χ1v) is 7.35. The summed E-state index contributed by atoms with van der Waals surface area (Å²) in [5.41, 5.74) is 0. The summed E-state index contributed by atoms with van der Waals surface area (Å²) in [5.74, 6) is -0.694. The van der Waals surface area contributed by atoms with Crippen LogP contribution >= 0.6 is 0 Å². The smallest absolute Gasteiger partial charge is 0.326 e. The summed E-state index contributed by atoms with van der Waals surface area (Å²) in [5, 5.41) is 11.7. The molecule has 21 heavy (non-hydrogen) atoms. The molecule has 1 aliphatic rings. The van der Waals surface area contributed by atoms with Gasteiger partial charge in [0.1, 0.15) is 6.04 Å². The molecule has 0 spiro atoms. The van der Waals surface area contributed by atoms with Crippen LogP contribution in [0.3, 0.4) is 0 Å². The van der Waals surface area contributed by atoms with E-state index < -0.39 is 12.0 Å². The molecular weight excluding hydrogens is 276 g/mol. The second-order valence-electron chi connectivity index (χ2n) is 5.44. The Kier molecular flexibility index (Phi) is 8.07. The van der Waals surface area contributed by atoms with Crippen LogP contribution in [0.25, 0.3) is 0 Å². The molecule has 0 aliphatic carbocycles. The zero-order valence-corrected chi connectivity index (χ0v) is 12.8. The third-order valence-electron chi connectivity index (χ3n) is 3.57. The van der Waals surface area contributed by atoms with Crippen molar-refractivity contribution in [3.8, 4) is 0 Å². The molecule has 1 heterocycles. The maximum atomic E-state index is 12.0. The highest BCUT2D eigenvalue weighted by Gasteiger charge is 2.23. The van der Waals surface area contributed by atoms with Gasteiger partial charge < -0.3 is 24.8 Å². The number of hydrogen-bond acceptors (Lipinski definition) is 4. The fourth-order valence-corrected chi connectivity index (χ4v) is 2.37. The van der Waals surface area contributed by atoms with Gasteiger partial charge in [-0.25, -0.2) is 9.59 Å². The van der Waals surface area contributed by atoms with Crippen molar-refractivity contribution in [2.75, 3.05) is 40.5 Å². The van der Waals surface area contributed by atoms with Gasteiger partial charge in [0, 0.05) is 39.8 Å². The first-order chi connectivity index (χ1) is 10.0. The fourth-order valence-electron chi connectivity index (χ4n) is 2.37. The summed E-state index contributed by atoms with van der Waals surface area (Å²) in [6, 6.07) is -1.23. The number of aliphatic carboxylic acids is 1. The normalized spacial score (nSPS) is 19.8. The molecular formula is C14H26N2O5. The monoisotopic (exact) mass is 302 g/mol. The lowest BCUT2D eigenvalue weighted by Crippen LogP contribution is -2.48. The van der Waals surface area contributed by atoms with Gasteiger partial charge in [-0.05, 0) is 25.7 Å². The lowest BCUT2D eigenvalue weighted by atomic mass is 10.0. The number of hydrogen-bond donors (Lipinski definition) is 2. The van der Waals surface area contributed by atoms with E-state index >= 15 is 0 Å². The van der Waals surface area contributed by atoms with Gasteiger partial charge in [0.05, 0.1) is 6.61 Å². The number of amides is 2. The summed E-state index contributed by atoms with van der Waals surface area (Å²) in [7, 11) is 3.24. The minimum absolute atomic E-state index is 0.325. The average Bonchev–Trinajstić information content (AvgIpc) is 2.47. The highest BCUT2D eigenvalue weighted by molar-refractivity contribution is 5.82. The Morgan fingerprint density at radius 2 is 2.29 bits per heavy atom. The number of carbonyl (C=O) groups excluding carboxylic acids is 1. The fraction of sp³-hybridized carbons (Fsp3) is 0.857. The number of carboxylic acids is 1. The standard InChI is InChI=1S/C14H26N2O5/c1-16(9-11-5-3-8-21-10-11)14(19)15-12(13(17)18)6-4-7-20-2/h11-12H,3-10H2,1-2H3,(H,15,19)(H,17,18). The minimum atomic E-state index is -1.02. The van der Waals surface area contributed by atoms with Crippen LogP contribution < -0.4 is 5.32 Å². The molecule has 0 aromatic heterocycles. The minimum Gasteiger partial charge on any atom is -0.480 e. The van der Waals surface area contributed by atoms with E-state index in [1.165, 1.54) is 4.90 Å². The van der Waals surface area contributed by atoms with E-state index in [2.05, 4.69) is 5.32 Å². The molecule has 0 radical (unpaired) electrons. The number of ether oxygens (including phenoxy) is 2. The summed E-state index contributed by atoms with van der Waals surface area (Å²) in [6.45, 7) is 2.51. The molecule has 2 amide bonds. The molecule has 0 aromatic rings. The molecule has 2 atom stereocenters. The van der Waals surface area contributed by atoms with Crippen molar-refractivity contribution in [3.05, 3.63) is 0 Å². The first kappa shape index (κ1) is 17.7. The predicted molar refractivity (Wildman–Crippen MR) is 77.2 cm³/mol. The molecule has 1 saturated heterocycles. The predicted octanol–water partition coefficient (Wildman–Crippen LogP) is 0.934. The van der Waals surface area contributed by atoms with Gasteiger partial charge in [0.15, 0.2) is 0 Å². The van der Waals surface area contributed by atoms with E-state index in [1.807, 2.05) is 0 Å². The van der Waals surface area contributed by atoms with Crippen LogP contribution in [0.15, 0.2) is 0 Å². The van der Waals surface area contributed by atoms with E-state index in [0.717, 1.165) is 19.4 Å². The molecule has 2 N–H and O–H groups in total. The second-order valence-corrected chi connectivity index (χ2v) is 5.44. The molecule has 0 aromatic carbocycles. The Labute approximate surface area is 125 Å². The van der Waals surface area contributed by atoms with E-state index in [1.54, 1.807) is 14.2 Å². The van der Waals surface area contributed by atoms with Crippen LogP contribution in [0.1, 0.15) is 25.7 Å². The Balaban J connectivity index is 2.38. The van der Waals surface area contributed by atoms with Gasteiger partial charge in [-0.15, -0.1) is 0 Å². The van der Waals surface area contributed by atoms with Crippen molar-refractivity contribution in [3.63, 3.8) is 0 Å². The van der Waals surface area contributed by atoms with Gasteiger partial charge in [-0.2, -0.15) is 0 Å². The summed E-state index contributed by atoms with van der Waals surface area (Å²) < 4.78 is 10.3. The van der Waals surface area contributed by atoms with E-state index in [-0.39, 0.29) is 6.03 Å². The van der Waals surface area contributed by atoms with E-state index in [4.69, 9.17) is 14.6 Å². The van der Waals surface area contributed by atoms with Crippen molar-refractivity contribution in [1.29, 1.82) is 0 Å². The zero-order chi connectivity index (χ0) is 15.7. The summed E-state index contributed by atoms with van der Waals surface area (Å²) in [6.07, 6.45) is 2.99. The van der Waals surface area contributed by atoms with Gasteiger partial charge in [-0.3, -0.25) is 0 Å². The Bertz CT molecular complexity index is 331. The van der Waals surface area contributed by atoms with Crippen LogP contribution in [0.2, 0.25) is 0 Å². The quantitative estimate of drug-likeness (QED) is 0.651. The number of rotatable bonds is 8. The second kappa shape index (κ2) is 9.57. The highest BCUT2D eigenvalue weighted by Crippen LogP contribution is 2.14. The molecule has 0 saturated carbocycles. The van der Waals surface area contributed by atoms with Crippen molar-refractivity contribution in [1.82, 2.24) is 10.2 Å².